The third kappa shape index (κ3) is 5.21. The molecule has 0 aliphatic heterocycles. The second kappa shape index (κ2) is 7.98. The van der Waals surface area contributed by atoms with Gasteiger partial charge in [-0.05, 0) is 24.8 Å². The summed E-state index contributed by atoms with van der Waals surface area (Å²) in [5.41, 5.74) is 1.12. The molecule has 0 spiro atoms. The Balaban J connectivity index is 2.76. The van der Waals surface area contributed by atoms with E-state index < -0.39 is 0 Å². The van der Waals surface area contributed by atoms with E-state index in [1.165, 1.54) is 0 Å². The number of hydrogen-bond acceptors (Lipinski definition) is 4. The van der Waals surface area contributed by atoms with E-state index in [1.807, 2.05) is 31.1 Å². The molecule has 1 rings (SSSR count). The molecule has 0 amide bonds. The highest BCUT2D eigenvalue weighted by molar-refractivity contribution is 7.98. The van der Waals surface area contributed by atoms with Gasteiger partial charge in [-0.1, -0.05) is 25.4 Å². The van der Waals surface area contributed by atoms with Crippen LogP contribution in [0.3, 0.4) is 0 Å². The summed E-state index contributed by atoms with van der Waals surface area (Å²) in [6, 6.07) is 2.88. The van der Waals surface area contributed by atoms with E-state index >= 15 is 0 Å². The maximum Gasteiger partial charge on any atom is 0.147 e. The van der Waals surface area contributed by atoms with Gasteiger partial charge < -0.3 is 10.2 Å². The van der Waals surface area contributed by atoms with Crippen LogP contribution in [0.5, 0.6) is 0 Å². The van der Waals surface area contributed by atoms with Gasteiger partial charge in [0.15, 0.2) is 0 Å². The average molecular weight is 302 g/mol. The van der Waals surface area contributed by atoms with Crippen molar-refractivity contribution in [2.24, 2.45) is 0 Å². The predicted octanol–water partition coefficient (Wildman–Crippen LogP) is 3.42. The van der Waals surface area contributed by atoms with Crippen molar-refractivity contribution in [3.63, 3.8) is 0 Å². The van der Waals surface area contributed by atoms with Crippen molar-refractivity contribution >= 4 is 29.2 Å². The van der Waals surface area contributed by atoms with Crippen LogP contribution in [0, 0.1) is 0 Å². The largest absolute Gasteiger partial charge is 0.355 e. The Morgan fingerprint density at radius 3 is 2.63 bits per heavy atom. The van der Waals surface area contributed by atoms with E-state index in [0.717, 1.165) is 28.7 Å². The Hall–Kier alpha value is -0.450. The fraction of sp³-hybridized carbons (Fsp3) is 0.643. The lowest BCUT2D eigenvalue weighted by atomic mass is 10.2. The summed E-state index contributed by atoms with van der Waals surface area (Å²) in [6.07, 6.45) is 4.01. The number of aromatic nitrogens is 1. The minimum Gasteiger partial charge on any atom is -0.355 e. The van der Waals surface area contributed by atoms with E-state index in [1.54, 1.807) is 0 Å². The summed E-state index contributed by atoms with van der Waals surface area (Å²) in [4.78, 5) is 6.64. The quantitative estimate of drug-likeness (QED) is 0.835. The highest BCUT2D eigenvalue weighted by atomic mass is 35.5. The fourth-order valence-corrected chi connectivity index (χ4v) is 2.74. The molecular weight excluding hydrogens is 278 g/mol. The molecule has 1 atom stereocenters. The van der Waals surface area contributed by atoms with Gasteiger partial charge in [0.1, 0.15) is 5.82 Å². The van der Waals surface area contributed by atoms with Crippen LogP contribution in [0.2, 0.25) is 5.02 Å². The molecule has 5 heteroatoms. The number of halogens is 1. The Morgan fingerprint density at radius 1 is 1.42 bits per heavy atom. The number of pyridine rings is 1. The topological polar surface area (TPSA) is 28.2 Å². The van der Waals surface area contributed by atoms with E-state index in [0.29, 0.717) is 12.1 Å². The maximum atomic E-state index is 6.35. The van der Waals surface area contributed by atoms with Crippen molar-refractivity contribution in [1.82, 2.24) is 10.3 Å². The third-order valence-corrected chi connectivity index (χ3v) is 4.09. The number of rotatable bonds is 7. The van der Waals surface area contributed by atoms with Crippen molar-refractivity contribution in [1.29, 1.82) is 0 Å². The first-order chi connectivity index (χ1) is 8.95. The maximum absolute atomic E-state index is 6.35. The van der Waals surface area contributed by atoms with Gasteiger partial charge in [-0.15, -0.1) is 0 Å². The zero-order chi connectivity index (χ0) is 14.4. The minimum atomic E-state index is 0.416. The van der Waals surface area contributed by atoms with E-state index in [-0.39, 0.29) is 0 Å². The average Bonchev–Trinajstić information content (AvgIpc) is 2.36. The molecule has 108 valence electrons. The molecule has 1 unspecified atom stereocenters. The molecule has 0 saturated carbocycles. The summed E-state index contributed by atoms with van der Waals surface area (Å²) in [7, 11) is 2.04. The van der Waals surface area contributed by atoms with Gasteiger partial charge in [0.05, 0.1) is 5.02 Å². The van der Waals surface area contributed by atoms with Crippen molar-refractivity contribution < 1.29 is 0 Å². The molecule has 0 aromatic carbocycles. The molecule has 0 aliphatic carbocycles. The van der Waals surface area contributed by atoms with Gasteiger partial charge in [0, 0.05) is 37.6 Å². The summed E-state index contributed by atoms with van der Waals surface area (Å²) >= 11 is 8.18. The smallest absolute Gasteiger partial charge is 0.147 e. The lowest BCUT2D eigenvalue weighted by Crippen LogP contribution is -2.31. The van der Waals surface area contributed by atoms with Gasteiger partial charge in [0.2, 0.25) is 0 Å². The molecule has 3 nitrogen and oxygen atoms in total. The number of nitrogens with one attached hydrogen (secondary N) is 1. The summed E-state index contributed by atoms with van der Waals surface area (Å²) < 4.78 is 0. The first-order valence-electron chi connectivity index (χ1n) is 6.55. The lowest BCUT2D eigenvalue weighted by Gasteiger charge is -2.26. The normalized spacial score (nSPS) is 12.8. The SMILES string of the molecule is CSCC(C)N(C)c1ncc(CNC(C)C)cc1Cl. The van der Waals surface area contributed by atoms with Gasteiger partial charge in [-0.3, -0.25) is 0 Å². The molecule has 0 saturated heterocycles. The Bertz CT molecular complexity index is 398. The lowest BCUT2D eigenvalue weighted by molar-refractivity contribution is 0.588. The van der Waals surface area contributed by atoms with Crippen molar-refractivity contribution in [3.8, 4) is 0 Å². The molecule has 1 heterocycles. The van der Waals surface area contributed by atoms with Gasteiger partial charge in [-0.2, -0.15) is 11.8 Å². The highest BCUT2D eigenvalue weighted by Crippen LogP contribution is 2.25. The molecule has 0 fully saturated rings. The van der Waals surface area contributed by atoms with Gasteiger partial charge in [-0.25, -0.2) is 4.98 Å². The summed E-state index contributed by atoms with van der Waals surface area (Å²) in [5.74, 6) is 1.92. The highest BCUT2D eigenvalue weighted by Gasteiger charge is 2.14. The van der Waals surface area contributed by atoms with E-state index in [9.17, 15) is 0 Å². The standard InChI is InChI=1S/C14H24ClN3S/c1-10(2)16-7-12-6-13(15)14(17-8-12)18(4)11(3)9-19-5/h6,8,10-11,16H,7,9H2,1-5H3. The zero-order valence-electron chi connectivity index (χ0n) is 12.4. The van der Waals surface area contributed by atoms with Crippen LogP contribution >= 0.6 is 23.4 Å². The monoisotopic (exact) mass is 301 g/mol. The molecule has 19 heavy (non-hydrogen) atoms. The van der Waals surface area contributed by atoms with Gasteiger partial charge >= 0.3 is 0 Å². The van der Waals surface area contributed by atoms with Crippen LogP contribution in [0.1, 0.15) is 26.3 Å². The predicted molar refractivity (Wildman–Crippen MR) is 87.5 cm³/mol. The number of anilines is 1. The molecule has 1 aromatic rings. The molecule has 0 radical (unpaired) electrons. The molecule has 1 N–H and O–H groups in total. The first kappa shape index (κ1) is 16.6. The van der Waals surface area contributed by atoms with Crippen molar-refractivity contribution in [3.05, 3.63) is 22.8 Å². The molecular formula is C14H24ClN3S. The Kier molecular flexibility index (Phi) is 6.97. The number of nitrogens with zero attached hydrogens (tertiary/aromatic N) is 2. The van der Waals surface area contributed by atoms with E-state index in [2.05, 4.69) is 42.2 Å². The van der Waals surface area contributed by atoms with Crippen LogP contribution in [0.15, 0.2) is 12.3 Å². The Labute approximate surface area is 126 Å². The molecule has 1 aromatic heterocycles. The number of hydrogen-bond donors (Lipinski definition) is 1. The molecule has 0 aliphatic rings. The third-order valence-electron chi connectivity index (χ3n) is 3.00. The fourth-order valence-electron chi connectivity index (χ4n) is 1.71. The van der Waals surface area contributed by atoms with Gasteiger partial charge in [0.25, 0.3) is 0 Å². The minimum absolute atomic E-state index is 0.416. The summed E-state index contributed by atoms with van der Waals surface area (Å²) in [6.45, 7) is 7.24. The summed E-state index contributed by atoms with van der Waals surface area (Å²) in [5, 5.41) is 4.09. The van der Waals surface area contributed by atoms with E-state index in [4.69, 9.17) is 11.6 Å². The van der Waals surface area contributed by atoms with Crippen molar-refractivity contribution in [2.75, 3.05) is 24.0 Å². The molecule has 0 bridgehead atoms. The zero-order valence-corrected chi connectivity index (χ0v) is 14.0. The van der Waals surface area contributed by atoms with Crippen LogP contribution in [-0.4, -0.2) is 36.1 Å². The van der Waals surface area contributed by atoms with Crippen LogP contribution in [0.4, 0.5) is 5.82 Å². The van der Waals surface area contributed by atoms with Crippen LogP contribution in [-0.2, 0) is 6.54 Å². The Morgan fingerprint density at radius 2 is 2.11 bits per heavy atom. The number of thioether (sulfide) groups is 1. The van der Waals surface area contributed by atoms with Crippen molar-refractivity contribution in [2.45, 2.75) is 39.4 Å². The van der Waals surface area contributed by atoms with Crippen LogP contribution < -0.4 is 10.2 Å². The second-order valence-corrected chi connectivity index (χ2v) is 6.42. The van der Waals surface area contributed by atoms with Crippen LogP contribution in [0.25, 0.3) is 0 Å². The first-order valence-corrected chi connectivity index (χ1v) is 8.32. The second-order valence-electron chi connectivity index (χ2n) is 5.10.